The third-order valence-corrected chi connectivity index (χ3v) is 8.65. The van der Waals surface area contributed by atoms with E-state index in [4.69, 9.17) is 0 Å². The number of allylic oxidation sites excluding steroid dienone is 1. The lowest BCUT2D eigenvalue weighted by Gasteiger charge is -2.46. The van der Waals surface area contributed by atoms with Gasteiger partial charge in [-0.05, 0) is 49.8 Å². The third kappa shape index (κ3) is 3.70. The van der Waals surface area contributed by atoms with Crippen LogP contribution in [0, 0.1) is 23.2 Å². The summed E-state index contributed by atoms with van der Waals surface area (Å²) in [7, 11) is 0. The molecule has 6 nitrogen and oxygen atoms in total. The second kappa shape index (κ2) is 8.90. The van der Waals surface area contributed by atoms with Gasteiger partial charge in [-0.15, -0.1) is 0 Å². The van der Waals surface area contributed by atoms with Gasteiger partial charge < -0.3 is 15.4 Å². The Morgan fingerprint density at radius 1 is 1.09 bits per heavy atom. The number of Topliss-reactive ketones (excluding diaryl/α,β-unsaturated/α-hetero) is 2. The summed E-state index contributed by atoms with van der Waals surface area (Å²) in [5.41, 5.74) is 2.42. The van der Waals surface area contributed by atoms with Gasteiger partial charge in [0, 0.05) is 54.2 Å². The molecule has 5 rings (SSSR count). The number of aromatic nitrogens is 1. The summed E-state index contributed by atoms with van der Waals surface area (Å²) in [4.78, 5) is 43.7. The quantitative estimate of drug-likeness (QED) is 0.452. The van der Waals surface area contributed by atoms with Crippen molar-refractivity contribution >= 4 is 28.4 Å². The van der Waals surface area contributed by atoms with Crippen molar-refractivity contribution in [2.24, 2.45) is 23.2 Å². The van der Waals surface area contributed by atoms with Gasteiger partial charge in [-0.25, -0.2) is 0 Å². The summed E-state index contributed by atoms with van der Waals surface area (Å²) >= 11 is 0. The lowest BCUT2D eigenvalue weighted by Crippen LogP contribution is -2.55. The largest absolute Gasteiger partial charge is 0.388 e. The molecule has 1 amide bonds. The van der Waals surface area contributed by atoms with Gasteiger partial charge in [0.1, 0.15) is 17.0 Å². The van der Waals surface area contributed by atoms with E-state index in [-0.39, 0.29) is 48.2 Å². The van der Waals surface area contributed by atoms with Gasteiger partial charge in [0.05, 0.1) is 6.10 Å². The number of ketones is 2. The molecule has 1 aromatic carbocycles. The van der Waals surface area contributed by atoms with Crippen LogP contribution in [0.1, 0.15) is 52.0 Å². The summed E-state index contributed by atoms with van der Waals surface area (Å²) in [6.07, 6.45) is 6.73. The van der Waals surface area contributed by atoms with Gasteiger partial charge in [-0.2, -0.15) is 0 Å². The zero-order valence-corrected chi connectivity index (χ0v) is 20.6. The molecule has 1 aromatic heterocycles. The summed E-state index contributed by atoms with van der Waals surface area (Å²) in [6.45, 7) is 5.87. The molecule has 1 spiro atoms. The van der Waals surface area contributed by atoms with E-state index in [1.165, 1.54) is 0 Å². The van der Waals surface area contributed by atoms with E-state index in [1.54, 1.807) is 0 Å². The fourth-order valence-corrected chi connectivity index (χ4v) is 6.77. The molecule has 184 valence electrons. The predicted molar refractivity (Wildman–Crippen MR) is 135 cm³/mol. The highest BCUT2D eigenvalue weighted by Gasteiger charge is 2.66. The van der Waals surface area contributed by atoms with Gasteiger partial charge in [0.15, 0.2) is 0 Å². The second-order valence-corrected chi connectivity index (χ2v) is 10.8. The van der Waals surface area contributed by atoms with Crippen LogP contribution in [0.2, 0.25) is 0 Å². The number of benzene rings is 1. The van der Waals surface area contributed by atoms with Crippen LogP contribution in [0.3, 0.4) is 0 Å². The molecular weight excluding hydrogens is 440 g/mol. The summed E-state index contributed by atoms with van der Waals surface area (Å²) in [5, 5.41) is 15.6. The Morgan fingerprint density at radius 3 is 2.66 bits per heavy atom. The molecule has 1 fully saturated rings. The van der Waals surface area contributed by atoms with Crippen molar-refractivity contribution in [3.8, 4) is 0 Å². The Kier molecular flexibility index (Phi) is 6.04. The van der Waals surface area contributed by atoms with Crippen LogP contribution in [0.15, 0.2) is 53.8 Å². The normalized spacial score (nSPS) is 34.9. The van der Waals surface area contributed by atoms with E-state index in [0.717, 1.165) is 27.6 Å². The highest BCUT2D eigenvalue weighted by Crippen LogP contribution is 2.55. The number of aliphatic hydroxyl groups excluding tert-OH is 1. The molecule has 35 heavy (non-hydrogen) atoms. The lowest BCUT2D eigenvalue weighted by molar-refractivity contribution is -0.148. The van der Waals surface area contributed by atoms with Gasteiger partial charge in [-0.1, -0.05) is 42.8 Å². The Hall–Kier alpha value is -2.99. The Balaban J connectivity index is 1.62. The number of para-hydroxylation sites is 1. The van der Waals surface area contributed by atoms with E-state index in [9.17, 15) is 19.5 Å². The van der Waals surface area contributed by atoms with Crippen molar-refractivity contribution in [2.45, 2.75) is 65.0 Å². The SMILES string of the molecule is CC1=C(C)[C@@H](O)[C@@H]2/C=C/C[C@H](C)CC(=O)CCC(=O)[C@]23C(=O)N[C@@H](Cc2c[nH]c4ccccc24)C13. The number of rotatable bonds is 2. The van der Waals surface area contributed by atoms with Crippen LogP contribution in [-0.4, -0.2) is 39.7 Å². The number of fused-ring (bicyclic) bond motifs is 1. The molecule has 2 heterocycles. The molecule has 3 aliphatic rings. The first-order chi connectivity index (χ1) is 16.7. The van der Waals surface area contributed by atoms with Crippen LogP contribution >= 0.6 is 0 Å². The molecule has 6 atom stereocenters. The molecule has 2 aromatic rings. The summed E-state index contributed by atoms with van der Waals surface area (Å²) < 4.78 is 0. The molecule has 2 aliphatic carbocycles. The van der Waals surface area contributed by atoms with Crippen LogP contribution in [0.4, 0.5) is 0 Å². The standard InChI is InChI=1S/C29H34N2O4/c1-16-7-6-9-22-27(34)18(3)17(2)26-24(14-19-15-30-23-10-5-4-8-21(19)23)31-28(35)29(22,26)25(33)12-11-20(32)13-16/h4-6,8-10,15-16,22,24,26-27,30,34H,7,11-14H2,1-3H3,(H,31,35)/b9-6+/t16-,22-,24-,26?,27+,29+/m0/s1. The first-order valence-electron chi connectivity index (χ1n) is 12.7. The second-order valence-electron chi connectivity index (χ2n) is 10.8. The number of aromatic amines is 1. The van der Waals surface area contributed by atoms with Crippen molar-refractivity contribution in [3.63, 3.8) is 0 Å². The predicted octanol–water partition coefficient (Wildman–Crippen LogP) is 4.04. The number of hydrogen-bond acceptors (Lipinski definition) is 4. The minimum Gasteiger partial charge on any atom is -0.388 e. The Bertz CT molecular complexity index is 1250. The average molecular weight is 475 g/mol. The van der Waals surface area contributed by atoms with Crippen molar-refractivity contribution in [3.05, 3.63) is 59.3 Å². The Morgan fingerprint density at radius 2 is 1.86 bits per heavy atom. The van der Waals surface area contributed by atoms with E-state index in [1.807, 2.05) is 57.3 Å². The van der Waals surface area contributed by atoms with E-state index < -0.39 is 17.4 Å². The molecule has 1 saturated heterocycles. The first-order valence-corrected chi connectivity index (χ1v) is 12.7. The zero-order chi connectivity index (χ0) is 24.9. The molecule has 0 bridgehead atoms. The maximum atomic E-state index is 14.0. The monoisotopic (exact) mass is 474 g/mol. The molecule has 1 aliphatic heterocycles. The number of nitrogens with one attached hydrogen (secondary N) is 2. The van der Waals surface area contributed by atoms with E-state index >= 15 is 0 Å². The van der Waals surface area contributed by atoms with Crippen LogP contribution in [0.5, 0.6) is 0 Å². The van der Waals surface area contributed by atoms with E-state index in [2.05, 4.69) is 16.4 Å². The number of hydrogen-bond donors (Lipinski definition) is 3. The van der Waals surface area contributed by atoms with Gasteiger partial charge >= 0.3 is 0 Å². The molecule has 6 heteroatoms. The average Bonchev–Trinajstić information content (AvgIpc) is 3.36. The number of carbonyl (C=O) groups excluding carboxylic acids is 3. The lowest BCUT2D eigenvalue weighted by atomic mass is 9.54. The number of amides is 1. The van der Waals surface area contributed by atoms with Gasteiger partial charge in [0.2, 0.25) is 5.91 Å². The first kappa shape index (κ1) is 23.7. The smallest absolute Gasteiger partial charge is 0.235 e. The van der Waals surface area contributed by atoms with Crippen molar-refractivity contribution < 1.29 is 19.5 Å². The summed E-state index contributed by atoms with van der Waals surface area (Å²) in [5.74, 6) is -1.38. The number of H-pyrrole nitrogens is 1. The topological polar surface area (TPSA) is 99.3 Å². The van der Waals surface area contributed by atoms with Crippen molar-refractivity contribution in [2.75, 3.05) is 0 Å². The van der Waals surface area contributed by atoms with E-state index in [0.29, 0.717) is 19.3 Å². The highest BCUT2D eigenvalue weighted by atomic mass is 16.3. The molecule has 3 N–H and O–H groups in total. The van der Waals surface area contributed by atoms with Gasteiger partial charge in [-0.3, -0.25) is 14.4 Å². The molecule has 0 saturated carbocycles. The fourth-order valence-electron chi connectivity index (χ4n) is 6.77. The minimum absolute atomic E-state index is 0.0265. The number of aliphatic hydroxyl groups is 1. The van der Waals surface area contributed by atoms with Gasteiger partial charge in [0.25, 0.3) is 0 Å². The third-order valence-electron chi connectivity index (χ3n) is 8.65. The summed E-state index contributed by atoms with van der Waals surface area (Å²) in [6, 6.07) is 7.76. The van der Waals surface area contributed by atoms with Crippen molar-refractivity contribution in [1.29, 1.82) is 0 Å². The Labute approximate surface area is 205 Å². The zero-order valence-electron chi connectivity index (χ0n) is 20.6. The number of carbonyl (C=O) groups is 3. The minimum atomic E-state index is -1.41. The fraction of sp³-hybridized carbons (Fsp3) is 0.483. The van der Waals surface area contributed by atoms with Crippen LogP contribution in [-0.2, 0) is 20.8 Å². The molecule has 0 radical (unpaired) electrons. The van der Waals surface area contributed by atoms with Crippen LogP contribution < -0.4 is 5.32 Å². The maximum absolute atomic E-state index is 14.0. The molecule has 1 unspecified atom stereocenters. The molecular formula is C29H34N2O4. The maximum Gasteiger partial charge on any atom is 0.235 e. The van der Waals surface area contributed by atoms with Crippen LogP contribution in [0.25, 0.3) is 10.9 Å². The van der Waals surface area contributed by atoms with Crippen molar-refractivity contribution in [1.82, 2.24) is 10.3 Å². The highest BCUT2D eigenvalue weighted by molar-refractivity contribution is 6.10.